The maximum absolute atomic E-state index is 9.98. The van der Waals surface area contributed by atoms with Crippen molar-refractivity contribution in [1.29, 1.82) is 0 Å². The van der Waals surface area contributed by atoms with E-state index in [-0.39, 0.29) is 11.3 Å². The van der Waals surface area contributed by atoms with Crippen LogP contribution in [0.25, 0.3) is 0 Å². The first kappa shape index (κ1) is 14.2. The summed E-state index contributed by atoms with van der Waals surface area (Å²) >= 11 is 5.66. The van der Waals surface area contributed by atoms with Gasteiger partial charge in [0.2, 0.25) is 0 Å². The van der Waals surface area contributed by atoms with Gasteiger partial charge in [0.05, 0.1) is 11.7 Å². The third-order valence-corrected chi connectivity index (χ3v) is 3.60. The second kappa shape index (κ2) is 5.34. The molecule has 0 rings (SSSR count). The molecule has 0 spiro atoms. The van der Waals surface area contributed by atoms with Crippen molar-refractivity contribution in [2.75, 3.05) is 5.88 Å². The van der Waals surface area contributed by atoms with Crippen LogP contribution < -0.4 is 0 Å². The van der Waals surface area contributed by atoms with Crippen LogP contribution in [-0.4, -0.2) is 27.8 Å². The lowest BCUT2D eigenvalue weighted by Gasteiger charge is -2.38. The highest BCUT2D eigenvalue weighted by molar-refractivity contribution is 6.18. The molecule has 0 bridgehead atoms. The van der Waals surface area contributed by atoms with Crippen LogP contribution in [0.3, 0.4) is 0 Å². The van der Waals surface area contributed by atoms with Crippen molar-refractivity contribution < 1.29 is 10.2 Å². The van der Waals surface area contributed by atoms with Crippen LogP contribution >= 0.6 is 11.6 Å². The van der Waals surface area contributed by atoms with Gasteiger partial charge in [-0.25, -0.2) is 0 Å². The molecule has 3 unspecified atom stereocenters. The Labute approximate surface area is 92.3 Å². The topological polar surface area (TPSA) is 40.5 Å². The summed E-state index contributed by atoms with van der Waals surface area (Å²) in [6.45, 7) is 7.75. The van der Waals surface area contributed by atoms with Gasteiger partial charge in [0.15, 0.2) is 0 Å². The second-order valence-electron chi connectivity index (χ2n) is 4.70. The Bertz CT molecular complexity index is 171. The zero-order valence-corrected chi connectivity index (χ0v) is 10.4. The molecule has 86 valence electrons. The molecule has 0 aliphatic carbocycles. The van der Waals surface area contributed by atoms with E-state index >= 15 is 0 Å². The average Bonchev–Trinajstić information content (AvgIpc) is 2.15. The third kappa shape index (κ3) is 3.76. The average molecular weight is 223 g/mol. The van der Waals surface area contributed by atoms with E-state index in [0.717, 1.165) is 6.42 Å². The minimum Gasteiger partial charge on any atom is -0.391 e. The van der Waals surface area contributed by atoms with Crippen LogP contribution in [0.5, 0.6) is 0 Å². The van der Waals surface area contributed by atoms with Crippen molar-refractivity contribution in [2.24, 2.45) is 5.41 Å². The number of aliphatic hydroxyl groups excluding tert-OH is 1. The highest BCUT2D eigenvalue weighted by atomic mass is 35.5. The molecule has 3 heteroatoms. The van der Waals surface area contributed by atoms with Crippen molar-refractivity contribution >= 4 is 11.6 Å². The minimum absolute atomic E-state index is 0.226. The molecular formula is C11H23ClO2. The Morgan fingerprint density at radius 3 is 2.00 bits per heavy atom. The molecule has 0 saturated heterocycles. The van der Waals surface area contributed by atoms with E-state index in [0.29, 0.717) is 12.8 Å². The van der Waals surface area contributed by atoms with Crippen molar-refractivity contribution in [3.05, 3.63) is 0 Å². The maximum Gasteiger partial charge on any atom is 0.0729 e. The number of hydrogen-bond acceptors (Lipinski definition) is 2. The van der Waals surface area contributed by atoms with Crippen LogP contribution in [-0.2, 0) is 0 Å². The van der Waals surface area contributed by atoms with E-state index in [1.807, 2.05) is 27.7 Å². The first-order valence-corrected chi connectivity index (χ1v) is 5.81. The number of hydrogen-bond donors (Lipinski definition) is 2. The van der Waals surface area contributed by atoms with Crippen molar-refractivity contribution in [3.63, 3.8) is 0 Å². The number of alkyl halides is 1. The zero-order valence-electron chi connectivity index (χ0n) is 9.68. The number of aliphatic hydroxyl groups is 2. The van der Waals surface area contributed by atoms with Gasteiger partial charge in [-0.3, -0.25) is 0 Å². The first-order chi connectivity index (χ1) is 6.31. The highest BCUT2D eigenvalue weighted by Crippen LogP contribution is 2.36. The molecule has 0 aliphatic heterocycles. The summed E-state index contributed by atoms with van der Waals surface area (Å²) in [6, 6.07) is 0. The fourth-order valence-corrected chi connectivity index (χ4v) is 2.03. The van der Waals surface area contributed by atoms with Gasteiger partial charge >= 0.3 is 0 Å². The summed E-state index contributed by atoms with van der Waals surface area (Å²) in [5.74, 6) is 0.226. The molecule has 3 atom stereocenters. The molecule has 2 nitrogen and oxygen atoms in total. The molecule has 14 heavy (non-hydrogen) atoms. The predicted molar refractivity (Wildman–Crippen MR) is 60.7 cm³/mol. The van der Waals surface area contributed by atoms with E-state index in [9.17, 15) is 10.2 Å². The standard InChI is InChI=1S/C11H23ClO2/c1-5-10(3,9(13)7-12)8-11(4,14)6-2/h9,13-14H,5-8H2,1-4H3. The summed E-state index contributed by atoms with van der Waals surface area (Å²) in [6.07, 6.45) is 1.54. The fraction of sp³-hybridized carbons (Fsp3) is 1.00. The van der Waals surface area contributed by atoms with Crippen LogP contribution in [0.4, 0.5) is 0 Å². The Balaban J connectivity index is 4.54. The van der Waals surface area contributed by atoms with Gasteiger partial charge in [0.25, 0.3) is 0 Å². The first-order valence-electron chi connectivity index (χ1n) is 5.27. The monoisotopic (exact) mass is 222 g/mol. The predicted octanol–water partition coefficient (Wildman–Crippen LogP) is 2.55. The summed E-state index contributed by atoms with van der Waals surface area (Å²) in [5.41, 5.74) is -1.00. The molecule has 0 aliphatic rings. The highest BCUT2D eigenvalue weighted by Gasteiger charge is 2.36. The van der Waals surface area contributed by atoms with E-state index in [4.69, 9.17) is 11.6 Å². The zero-order chi connectivity index (χ0) is 11.4. The number of halogens is 1. The molecule has 0 saturated carbocycles. The molecule has 2 N–H and O–H groups in total. The molecule has 0 amide bonds. The lowest BCUT2D eigenvalue weighted by atomic mass is 9.73. The molecule has 0 radical (unpaired) electrons. The van der Waals surface area contributed by atoms with Gasteiger partial charge < -0.3 is 10.2 Å². The Kier molecular flexibility index (Phi) is 5.42. The minimum atomic E-state index is -0.711. The van der Waals surface area contributed by atoms with E-state index in [1.54, 1.807) is 0 Å². The molecule has 0 fully saturated rings. The van der Waals surface area contributed by atoms with Gasteiger partial charge in [-0.15, -0.1) is 11.6 Å². The van der Waals surface area contributed by atoms with E-state index in [1.165, 1.54) is 0 Å². The molecule has 0 aromatic rings. The largest absolute Gasteiger partial charge is 0.391 e. The van der Waals surface area contributed by atoms with E-state index in [2.05, 4.69) is 0 Å². The summed E-state index contributed by atoms with van der Waals surface area (Å²) in [5, 5.41) is 19.8. The molecular weight excluding hydrogens is 200 g/mol. The van der Waals surface area contributed by atoms with Gasteiger partial charge in [0.1, 0.15) is 0 Å². The maximum atomic E-state index is 9.98. The molecule has 0 heterocycles. The Hall–Kier alpha value is 0.210. The molecule has 0 aromatic heterocycles. The number of rotatable bonds is 6. The van der Waals surface area contributed by atoms with Gasteiger partial charge in [-0.1, -0.05) is 20.8 Å². The Morgan fingerprint density at radius 1 is 1.21 bits per heavy atom. The van der Waals surface area contributed by atoms with Crippen LogP contribution in [0.1, 0.15) is 47.0 Å². The summed E-state index contributed by atoms with van der Waals surface area (Å²) < 4.78 is 0. The summed E-state index contributed by atoms with van der Waals surface area (Å²) in [4.78, 5) is 0. The lowest BCUT2D eigenvalue weighted by molar-refractivity contribution is -0.0414. The smallest absolute Gasteiger partial charge is 0.0729 e. The normalized spacial score (nSPS) is 22.5. The van der Waals surface area contributed by atoms with Crippen LogP contribution in [0, 0.1) is 5.41 Å². The van der Waals surface area contributed by atoms with Crippen LogP contribution in [0.2, 0.25) is 0 Å². The second-order valence-corrected chi connectivity index (χ2v) is 5.01. The van der Waals surface area contributed by atoms with Gasteiger partial charge in [0, 0.05) is 5.88 Å². The van der Waals surface area contributed by atoms with Crippen molar-refractivity contribution in [3.8, 4) is 0 Å². The molecule has 0 aromatic carbocycles. The quantitative estimate of drug-likeness (QED) is 0.679. The Morgan fingerprint density at radius 2 is 1.71 bits per heavy atom. The fourth-order valence-electron chi connectivity index (χ4n) is 1.66. The summed E-state index contributed by atoms with van der Waals surface area (Å²) in [7, 11) is 0. The van der Waals surface area contributed by atoms with Gasteiger partial charge in [-0.05, 0) is 31.6 Å². The SMILES string of the molecule is CCC(C)(O)CC(C)(CC)C(O)CCl. The van der Waals surface area contributed by atoms with Crippen molar-refractivity contribution in [1.82, 2.24) is 0 Å². The van der Waals surface area contributed by atoms with Crippen molar-refractivity contribution in [2.45, 2.75) is 58.7 Å². The van der Waals surface area contributed by atoms with Crippen LogP contribution in [0.15, 0.2) is 0 Å². The third-order valence-electron chi connectivity index (χ3n) is 3.30. The lowest BCUT2D eigenvalue weighted by Crippen LogP contribution is -2.40. The van der Waals surface area contributed by atoms with E-state index < -0.39 is 11.7 Å². The van der Waals surface area contributed by atoms with Gasteiger partial charge in [-0.2, -0.15) is 0 Å².